The van der Waals surface area contributed by atoms with Crippen LogP contribution in [0.25, 0.3) is 5.69 Å². The number of ether oxygens (including phenoxy) is 1. The normalized spacial score (nSPS) is 18.3. The Morgan fingerprint density at radius 3 is 2.71 bits per heavy atom. The van der Waals surface area contributed by atoms with Crippen molar-refractivity contribution < 1.29 is 22.5 Å². The number of para-hydroxylation sites is 1. The van der Waals surface area contributed by atoms with Crippen molar-refractivity contribution in [3.63, 3.8) is 0 Å². The Morgan fingerprint density at radius 2 is 1.94 bits per heavy atom. The summed E-state index contributed by atoms with van der Waals surface area (Å²) in [6.07, 6.45) is -2.08. The van der Waals surface area contributed by atoms with Gasteiger partial charge in [-0.15, -0.1) is 17.9 Å². The van der Waals surface area contributed by atoms with Crippen molar-refractivity contribution >= 4 is 11.4 Å². The highest BCUT2D eigenvalue weighted by Gasteiger charge is 2.32. The number of nitrogens with one attached hydrogen (secondary N) is 1. The number of hydrogen-bond donors (Lipinski definition) is 1. The van der Waals surface area contributed by atoms with Crippen LogP contribution in [0.4, 0.5) is 13.2 Å². The third-order valence-electron chi connectivity index (χ3n) is 4.85. The first-order valence-corrected chi connectivity index (χ1v) is 10.9. The number of benzene rings is 2. The third kappa shape index (κ3) is 6.01. The average molecular weight is 450 g/mol. The lowest BCUT2D eigenvalue weighted by Crippen LogP contribution is -2.37. The molecule has 1 aromatic heterocycles. The molecule has 3 aromatic rings. The molecule has 1 fully saturated rings. The van der Waals surface area contributed by atoms with E-state index in [9.17, 15) is 17.7 Å². The molecule has 10 heteroatoms. The summed E-state index contributed by atoms with van der Waals surface area (Å²) in [5.41, 5.74) is 1.92. The zero-order valence-corrected chi connectivity index (χ0v) is 17.3. The molecule has 1 aliphatic rings. The van der Waals surface area contributed by atoms with Gasteiger partial charge in [-0.05, 0) is 36.8 Å². The van der Waals surface area contributed by atoms with Crippen LogP contribution in [0.5, 0.6) is 5.75 Å². The van der Waals surface area contributed by atoms with Crippen LogP contribution in [0.1, 0.15) is 12.1 Å². The topological polar surface area (TPSA) is 65.4 Å². The first-order chi connectivity index (χ1) is 14.9. The molecule has 4 rings (SSSR count). The second-order valence-electron chi connectivity index (χ2n) is 7.22. The van der Waals surface area contributed by atoms with Crippen molar-refractivity contribution in [3.8, 4) is 11.4 Å². The minimum Gasteiger partial charge on any atom is -0.593 e. The Morgan fingerprint density at radius 1 is 1.13 bits per heavy atom. The molecular weight excluding hydrogens is 429 g/mol. The lowest BCUT2D eigenvalue weighted by molar-refractivity contribution is -0.274. The van der Waals surface area contributed by atoms with Crippen LogP contribution >= 0.6 is 0 Å². The van der Waals surface area contributed by atoms with Gasteiger partial charge in [0.1, 0.15) is 5.75 Å². The summed E-state index contributed by atoms with van der Waals surface area (Å²) in [5, 5.41) is 4.61. The standard InChI is InChI=1S/C21H21F3N4O2S/c22-21(23,24)30-19-7-4-8-20(13-19)31(29)26-17-9-11-27(15-17)14-16-10-12-28(25-16)18-5-2-1-3-6-18/h1-8,10,12-13,17,26H,9,11,14-15H2/t17-,31+/m1/s1. The molecule has 31 heavy (non-hydrogen) atoms. The summed E-state index contributed by atoms with van der Waals surface area (Å²) in [7, 11) is 0. The van der Waals surface area contributed by atoms with Gasteiger partial charge in [0.2, 0.25) is 0 Å². The first kappa shape index (κ1) is 21.7. The van der Waals surface area contributed by atoms with Crippen LogP contribution in [-0.2, 0) is 17.9 Å². The lowest BCUT2D eigenvalue weighted by Gasteiger charge is -2.17. The molecule has 6 nitrogen and oxygen atoms in total. The molecule has 164 valence electrons. The Bertz CT molecular complexity index is 1000. The summed E-state index contributed by atoms with van der Waals surface area (Å²) in [5.74, 6) is -0.387. The van der Waals surface area contributed by atoms with E-state index in [2.05, 4.69) is 19.5 Å². The molecule has 2 atom stereocenters. The number of rotatable bonds is 7. The molecule has 0 amide bonds. The van der Waals surface area contributed by atoms with Gasteiger partial charge in [-0.1, -0.05) is 24.3 Å². The van der Waals surface area contributed by atoms with Crippen LogP contribution in [0.3, 0.4) is 0 Å². The van der Waals surface area contributed by atoms with E-state index in [0.29, 0.717) is 13.1 Å². The minimum atomic E-state index is -4.78. The van der Waals surface area contributed by atoms with Gasteiger partial charge in [-0.3, -0.25) is 4.90 Å². The maximum Gasteiger partial charge on any atom is 0.573 e. The molecule has 0 saturated carbocycles. The van der Waals surface area contributed by atoms with Gasteiger partial charge >= 0.3 is 6.36 Å². The van der Waals surface area contributed by atoms with Gasteiger partial charge in [0.15, 0.2) is 4.90 Å². The largest absolute Gasteiger partial charge is 0.593 e. The van der Waals surface area contributed by atoms with Crippen molar-refractivity contribution in [1.82, 2.24) is 19.4 Å². The maximum absolute atomic E-state index is 12.6. The van der Waals surface area contributed by atoms with E-state index in [1.165, 1.54) is 18.2 Å². The highest BCUT2D eigenvalue weighted by atomic mass is 32.2. The fourth-order valence-corrected chi connectivity index (χ4v) is 4.53. The predicted molar refractivity (Wildman–Crippen MR) is 110 cm³/mol. The zero-order chi connectivity index (χ0) is 21.8. The van der Waals surface area contributed by atoms with Crippen molar-refractivity contribution in [3.05, 3.63) is 72.6 Å². The fourth-order valence-electron chi connectivity index (χ4n) is 3.48. The van der Waals surface area contributed by atoms with E-state index in [1.807, 2.05) is 47.3 Å². The summed E-state index contributed by atoms with van der Waals surface area (Å²) in [6.45, 7) is 2.15. The maximum atomic E-state index is 12.6. The van der Waals surface area contributed by atoms with Crippen LogP contribution in [0, 0.1) is 0 Å². The Hall–Kier alpha value is -2.53. The van der Waals surface area contributed by atoms with Crippen molar-refractivity contribution in [2.24, 2.45) is 0 Å². The molecule has 0 radical (unpaired) electrons. The van der Waals surface area contributed by atoms with Crippen molar-refractivity contribution in [2.75, 3.05) is 13.1 Å². The molecule has 2 aromatic carbocycles. The molecule has 1 aliphatic heterocycles. The number of hydrogen-bond acceptors (Lipinski definition) is 5. The Balaban J connectivity index is 1.30. The van der Waals surface area contributed by atoms with Crippen molar-refractivity contribution in [1.29, 1.82) is 0 Å². The molecule has 0 aliphatic carbocycles. The van der Waals surface area contributed by atoms with Gasteiger partial charge in [-0.25, -0.2) is 4.68 Å². The van der Waals surface area contributed by atoms with E-state index < -0.39 is 17.7 Å². The van der Waals surface area contributed by atoms with Gasteiger partial charge < -0.3 is 9.29 Å². The van der Waals surface area contributed by atoms with Crippen LogP contribution in [0.15, 0.2) is 71.8 Å². The van der Waals surface area contributed by atoms with E-state index in [-0.39, 0.29) is 16.7 Å². The van der Waals surface area contributed by atoms with Crippen LogP contribution in [-0.4, -0.2) is 44.7 Å². The zero-order valence-electron chi connectivity index (χ0n) is 16.5. The van der Waals surface area contributed by atoms with Crippen LogP contribution in [0.2, 0.25) is 0 Å². The van der Waals surface area contributed by atoms with Crippen LogP contribution < -0.4 is 9.46 Å². The van der Waals surface area contributed by atoms with Gasteiger partial charge in [0, 0.05) is 31.9 Å². The molecule has 1 saturated heterocycles. The molecule has 0 unspecified atom stereocenters. The summed E-state index contributed by atoms with van der Waals surface area (Å²) >= 11 is -1.64. The molecule has 1 N–H and O–H groups in total. The number of halogens is 3. The van der Waals surface area contributed by atoms with E-state index in [4.69, 9.17) is 0 Å². The third-order valence-corrected chi connectivity index (χ3v) is 6.08. The average Bonchev–Trinajstić information content (AvgIpc) is 3.37. The monoisotopic (exact) mass is 450 g/mol. The molecule has 0 spiro atoms. The summed E-state index contributed by atoms with van der Waals surface area (Å²) < 4.78 is 58.5. The molecule has 2 heterocycles. The number of alkyl halides is 3. The summed E-state index contributed by atoms with van der Waals surface area (Å²) in [6, 6.07) is 17.0. The predicted octanol–water partition coefficient (Wildman–Crippen LogP) is 3.66. The number of aromatic nitrogens is 2. The fraction of sp³-hybridized carbons (Fsp3) is 0.286. The number of nitrogens with zero attached hydrogens (tertiary/aromatic N) is 3. The van der Waals surface area contributed by atoms with Crippen molar-refractivity contribution in [2.45, 2.75) is 30.3 Å². The Labute approximate surface area is 180 Å². The minimum absolute atomic E-state index is 0.0377. The lowest BCUT2D eigenvalue weighted by atomic mass is 10.3. The van der Waals surface area contributed by atoms with Gasteiger partial charge in [0.05, 0.1) is 28.8 Å². The summed E-state index contributed by atoms with van der Waals surface area (Å²) in [4.78, 5) is 2.44. The first-order valence-electron chi connectivity index (χ1n) is 9.72. The second-order valence-corrected chi connectivity index (χ2v) is 8.46. The molecular formula is C21H21F3N4O2S. The van der Waals surface area contributed by atoms with Gasteiger partial charge in [-0.2, -0.15) is 5.10 Å². The highest BCUT2D eigenvalue weighted by Crippen LogP contribution is 2.25. The number of likely N-dealkylation sites (tertiary alicyclic amines) is 1. The molecule has 0 bridgehead atoms. The SMILES string of the molecule is [O-][S@+](N[C@@H]1CCN(Cc2ccn(-c3ccccc3)n2)C1)c1cccc(OC(F)(F)F)c1. The van der Waals surface area contributed by atoms with E-state index in [0.717, 1.165) is 30.4 Å². The van der Waals surface area contributed by atoms with Gasteiger partial charge in [0.25, 0.3) is 0 Å². The highest BCUT2D eigenvalue weighted by molar-refractivity contribution is 7.89. The Kier molecular flexibility index (Phi) is 6.51. The van der Waals surface area contributed by atoms with E-state index >= 15 is 0 Å². The quantitative estimate of drug-likeness (QED) is 0.557. The van der Waals surface area contributed by atoms with E-state index in [1.54, 1.807) is 0 Å². The second kappa shape index (κ2) is 9.31. The smallest absolute Gasteiger partial charge is 0.573 e.